The Balaban J connectivity index is 1.54. The normalized spacial score (nSPS) is 24.2. The van der Waals surface area contributed by atoms with Gasteiger partial charge in [0.25, 0.3) is 0 Å². The molecule has 25 heavy (non-hydrogen) atoms. The van der Waals surface area contributed by atoms with Crippen molar-refractivity contribution in [2.45, 2.75) is 18.5 Å². The molecule has 0 unspecified atom stereocenters. The van der Waals surface area contributed by atoms with E-state index in [1.54, 1.807) is 24.1 Å². The van der Waals surface area contributed by atoms with E-state index >= 15 is 0 Å². The van der Waals surface area contributed by atoms with Gasteiger partial charge in [0.15, 0.2) is 0 Å². The van der Waals surface area contributed by atoms with Gasteiger partial charge in [-0.15, -0.1) is 0 Å². The molecule has 2 aliphatic rings. The molecule has 0 aliphatic carbocycles. The molecule has 2 amide bonds. The number of thioether (sulfide) groups is 1. The van der Waals surface area contributed by atoms with Gasteiger partial charge in [0.2, 0.25) is 0 Å². The summed E-state index contributed by atoms with van der Waals surface area (Å²) in [5.41, 5.74) is 0.958. The Morgan fingerprint density at radius 3 is 2.72 bits per heavy atom. The maximum absolute atomic E-state index is 13.0. The summed E-state index contributed by atoms with van der Waals surface area (Å²) in [5, 5.41) is 3.11. The highest BCUT2D eigenvalue weighted by molar-refractivity contribution is 7.99. The molecule has 2 saturated heterocycles. The zero-order chi connectivity index (χ0) is 17.7. The quantitative estimate of drug-likeness (QED) is 0.866. The minimum atomic E-state index is -0.262. The van der Waals surface area contributed by atoms with Crippen LogP contribution in [0.25, 0.3) is 0 Å². The number of carbonyl (C=O) groups is 1. The van der Waals surface area contributed by atoms with Crippen LogP contribution in [0, 0.1) is 5.82 Å². The van der Waals surface area contributed by atoms with Crippen molar-refractivity contribution in [3.8, 4) is 0 Å². The lowest BCUT2D eigenvalue weighted by Crippen LogP contribution is -2.59. The third-order valence-corrected chi connectivity index (χ3v) is 6.25. The largest absolute Gasteiger partial charge is 0.379 e. The molecule has 1 aromatic carbocycles. The Hall–Kier alpha value is -1.31. The third-order valence-electron chi connectivity index (χ3n) is 5.01. The third kappa shape index (κ3) is 4.65. The second-order valence-corrected chi connectivity index (χ2v) is 7.87. The zero-order valence-corrected chi connectivity index (χ0v) is 15.5. The molecule has 0 spiro atoms. The van der Waals surface area contributed by atoms with Gasteiger partial charge in [0.1, 0.15) is 5.82 Å². The van der Waals surface area contributed by atoms with E-state index < -0.39 is 0 Å². The van der Waals surface area contributed by atoms with Crippen LogP contribution in [-0.2, 0) is 11.3 Å². The van der Waals surface area contributed by atoms with Crippen LogP contribution in [0.4, 0.5) is 9.18 Å². The van der Waals surface area contributed by atoms with Crippen molar-refractivity contribution in [1.29, 1.82) is 0 Å². The van der Waals surface area contributed by atoms with Crippen molar-refractivity contribution in [3.63, 3.8) is 0 Å². The van der Waals surface area contributed by atoms with Crippen LogP contribution in [0.5, 0.6) is 0 Å². The van der Waals surface area contributed by atoms with Gasteiger partial charge in [-0.3, -0.25) is 4.90 Å². The molecule has 0 radical (unpaired) electrons. The Bertz CT molecular complexity index is 572. The zero-order valence-electron chi connectivity index (χ0n) is 14.7. The van der Waals surface area contributed by atoms with Crippen molar-refractivity contribution >= 4 is 17.8 Å². The number of nitrogens with zero attached hydrogens (tertiary/aromatic N) is 2. The summed E-state index contributed by atoms with van der Waals surface area (Å²) in [7, 11) is 1.77. The first-order valence-electron chi connectivity index (χ1n) is 8.73. The van der Waals surface area contributed by atoms with E-state index in [0.29, 0.717) is 13.1 Å². The van der Waals surface area contributed by atoms with Crippen LogP contribution in [-0.4, -0.2) is 72.8 Å². The highest BCUT2D eigenvalue weighted by atomic mass is 32.2. The fourth-order valence-electron chi connectivity index (χ4n) is 3.45. The fraction of sp³-hybridized carbons (Fsp3) is 0.611. The molecule has 0 saturated carbocycles. The van der Waals surface area contributed by atoms with Gasteiger partial charge in [-0.1, -0.05) is 12.1 Å². The van der Waals surface area contributed by atoms with E-state index in [1.807, 2.05) is 11.8 Å². The van der Waals surface area contributed by atoms with E-state index in [9.17, 15) is 9.18 Å². The number of amides is 2. The monoisotopic (exact) mass is 367 g/mol. The molecule has 5 nitrogen and oxygen atoms in total. The topological polar surface area (TPSA) is 44.8 Å². The molecule has 1 atom stereocenters. The van der Waals surface area contributed by atoms with Crippen LogP contribution < -0.4 is 5.32 Å². The van der Waals surface area contributed by atoms with Crippen LogP contribution in [0.2, 0.25) is 0 Å². The van der Waals surface area contributed by atoms with Gasteiger partial charge in [-0.2, -0.15) is 11.8 Å². The Morgan fingerprint density at radius 2 is 2.08 bits per heavy atom. The fourth-order valence-corrected chi connectivity index (χ4v) is 4.92. The lowest BCUT2D eigenvalue weighted by molar-refractivity contribution is -0.0127. The number of ether oxygens (including phenoxy) is 1. The number of carbonyl (C=O) groups excluding carboxylic acids is 1. The molecule has 0 aromatic heterocycles. The van der Waals surface area contributed by atoms with Gasteiger partial charge < -0.3 is 15.0 Å². The molecule has 2 aliphatic heterocycles. The molecule has 1 aromatic rings. The second-order valence-electron chi connectivity index (χ2n) is 6.77. The number of benzene rings is 1. The lowest BCUT2D eigenvalue weighted by atomic mass is 9.95. The molecular formula is C18H26FN3O2S. The van der Waals surface area contributed by atoms with E-state index in [1.165, 1.54) is 12.1 Å². The van der Waals surface area contributed by atoms with E-state index in [4.69, 9.17) is 4.74 Å². The molecule has 7 heteroatoms. The molecule has 0 bridgehead atoms. The maximum atomic E-state index is 13.0. The summed E-state index contributed by atoms with van der Waals surface area (Å²) in [5.74, 6) is 1.93. The van der Waals surface area contributed by atoms with Crippen molar-refractivity contribution in [3.05, 3.63) is 35.6 Å². The summed E-state index contributed by atoms with van der Waals surface area (Å²) in [6, 6.07) is 6.17. The summed E-state index contributed by atoms with van der Waals surface area (Å²) in [4.78, 5) is 16.6. The molecule has 2 heterocycles. The SMILES string of the molecule is CN(Cc1ccc(F)cc1)C(=O)NC[C@]1(N2CCOCC2)CCSC1. The van der Waals surface area contributed by atoms with Crippen molar-refractivity contribution in [2.75, 3.05) is 51.4 Å². The maximum Gasteiger partial charge on any atom is 0.317 e. The molecular weight excluding hydrogens is 341 g/mol. The number of rotatable bonds is 5. The Kier molecular flexibility index (Phi) is 6.19. The Morgan fingerprint density at radius 1 is 1.36 bits per heavy atom. The molecule has 3 rings (SSSR count). The number of morpholine rings is 1. The summed E-state index contributed by atoms with van der Waals surface area (Å²) < 4.78 is 18.5. The number of hydrogen-bond donors (Lipinski definition) is 1. The first kappa shape index (κ1) is 18.5. The van der Waals surface area contributed by atoms with Crippen molar-refractivity contribution in [2.24, 2.45) is 0 Å². The highest BCUT2D eigenvalue weighted by Crippen LogP contribution is 2.33. The van der Waals surface area contributed by atoms with Gasteiger partial charge in [0.05, 0.1) is 13.2 Å². The first-order chi connectivity index (χ1) is 12.1. The van der Waals surface area contributed by atoms with E-state index in [2.05, 4.69) is 10.2 Å². The van der Waals surface area contributed by atoms with Gasteiger partial charge in [-0.05, 0) is 29.9 Å². The standard InChI is InChI=1S/C18H26FN3O2S/c1-21(12-15-2-4-16(19)5-3-15)17(23)20-13-18(6-11-25-14-18)22-7-9-24-10-8-22/h2-5H,6-14H2,1H3,(H,20,23)/t18-/m1/s1. The van der Waals surface area contributed by atoms with Crippen LogP contribution in [0.3, 0.4) is 0 Å². The minimum absolute atomic E-state index is 0.0425. The minimum Gasteiger partial charge on any atom is -0.379 e. The number of halogens is 1. The lowest BCUT2D eigenvalue weighted by Gasteiger charge is -2.43. The molecule has 1 N–H and O–H groups in total. The summed E-state index contributed by atoms with van der Waals surface area (Å²) >= 11 is 1.96. The predicted molar refractivity (Wildman–Crippen MR) is 98.3 cm³/mol. The average molecular weight is 367 g/mol. The smallest absolute Gasteiger partial charge is 0.317 e. The average Bonchev–Trinajstić information content (AvgIpc) is 3.12. The molecule has 138 valence electrons. The summed E-state index contributed by atoms with van der Waals surface area (Å²) in [6.45, 7) is 4.53. The number of nitrogens with one attached hydrogen (secondary N) is 1. The van der Waals surface area contributed by atoms with Gasteiger partial charge >= 0.3 is 6.03 Å². The number of urea groups is 1. The number of hydrogen-bond acceptors (Lipinski definition) is 4. The predicted octanol–water partition coefficient (Wildman–Crippen LogP) is 2.17. The van der Waals surface area contributed by atoms with E-state index in [0.717, 1.165) is 49.8 Å². The van der Waals surface area contributed by atoms with Crippen LogP contribution in [0.1, 0.15) is 12.0 Å². The highest BCUT2D eigenvalue weighted by Gasteiger charge is 2.41. The molecule has 2 fully saturated rings. The Labute approximate surface area is 152 Å². The van der Waals surface area contributed by atoms with Crippen molar-refractivity contribution < 1.29 is 13.9 Å². The van der Waals surface area contributed by atoms with E-state index in [-0.39, 0.29) is 17.4 Å². The second kappa shape index (κ2) is 8.38. The van der Waals surface area contributed by atoms with Crippen LogP contribution in [0.15, 0.2) is 24.3 Å². The van der Waals surface area contributed by atoms with Gasteiger partial charge in [0, 0.05) is 44.5 Å². The van der Waals surface area contributed by atoms with Crippen LogP contribution >= 0.6 is 11.8 Å². The summed E-state index contributed by atoms with van der Waals surface area (Å²) in [6.07, 6.45) is 1.10. The van der Waals surface area contributed by atoms with Crippen molar-refractivity contribution in [1.82, 2.24) is 15.1 Å². The van der Waals surface area contributed by atoms with Gasteiger partial charge in [-0.25, -0.2) is 9.18 Å². The first-order valence-corrected chi connectivity index (χ1v) is 9.88.